The maximum absolute atomic E-state index is 6.37. The second-order valence-corrected chi connectivity index (χ2v) is 5.23. The van der Waals surface area contributed by atoms with Gasteiger partial charge in [0.2, 0.25) is 5.13 Å². The van der Waals surface area contributed by atoms with Crippen LogP contribution in [0.25, 0.3) is 5.13 Å². The Labute approximate surface area is 103 Å². The molecule has 84 valence electrons. The molecule has 3 rings (SSSR count). The van der Waals surface area contributed by atoms with E-state index in [2.05, 4.69) is 10.1 Å². The zero-order chi connectivity index (χ0) is 11.0. The molecule has 2 heterocycles. The number of halogens is 1. The fourth-order valence-electron chi connectivity index (χ4n) is 2.14. The first-order valence-electron chi connectivity index (χ1n) is 5.52. The summed E-state index contributed by atoms with van der Waals surface area (Å²) in [6, 6.07) is 0. The Kier molecular flexibility index (Phi) is 2.69. The highest BCUT2D eigenvalue weighted by Gasteiger charge is 2.19. The van der Waals surface area contributed by atoms with Gasteiger partial charge in [-0.1, -0.05) is 18.0 Å². The van der Waals surface area contributed by atoms with E-state index in [1.807, 2.05) is 5.38 Å². The van der Waals surface area contributed by atoms with E-state index in [4.69, 9.17) is 11.6 Å². The summed E-state index contributed by atoms with van der Waals surface area (Å²) in [6.07, 6.45) is 7.61. The quantitative estimate of drug-likeness (QED) is 0.731. The van der Waals surface area contributed by atoms with E-state index < -0.39 is 0 Å². The Morgan fingerprint density at radius 1 is 1.25 bits per heavy atom. The lowest BCUT2D eigenvalue weighted by Gasteiger charge is -1.98. The number of thiazole rings is 1. The molecule has 16 heavy (non-hydrogen) atoms. The molecule has 0 spiro atoms. The molecule has 2 aromatic rings. The molecule has 0 saturated carbocycles. The first kappa shape index (κ1) is 10.3. The lowest BCUT2D eigenvalue weighted by Crippen LogP contribution is -1.96. The molecule has 0 fully saturated rings. The monoisotopic (exact) mass is 253 g/mol. The maximum Gasteiger partial charge on any atom is 0.211 e. The highest BCUT2D eigenvalue weighted by atomic mass is 35.5. The molecule has 3 nitrogen and oxygen atoms in total. The van der Waals surface area contributed by atoms with Gasteiger partial charge >= 0.3 is 0 Å². The Morgan fingerprint density at radius 2 is 2.12 bits per heavy atom. The Hall–Kier alpha value is -0.870. The van der Waals surface area contributed by atoms with E-state index in [-0.39, 0.29) is 0 Å². The second kappa shape index (κ2) is 4.18. The van der Waals surface area contributed by atoms with Crippen molar-refractivity contribution in [3.05, 3.63) is 28.0 Å². The van der Waals surface area contributed by atoms with Crippen LogP contribution >= 0.6 is 22.9 Å². The van der Waals surface area contributed by atoms with Crippen molar-refractivity contribution >= 4 is 22.9 Å². The average Bonchev–Trinajstić information content (AvgIpc) is 2.83. The van der Waals surface area contributed by atoms with Gasteiger partial charge in [0.25, 0.3) is 0 Å². The third kappa shape index (κ3) is 1.66. The summed E-state index contributed by atoms with van der Waals surface area (Å²) in [4.78, 5) is 4.25. The van der Waals surface area contributed by atoms with E-state index in [9.17, 15) is 0 Å². The predicted octanol–water partition coefficient (Wildman–Crippen LogP) is 3.25. The van der Waals surface area contributed by atoms with Crippen molar-refractivity contribution in [2.24, 2.45) is 0 Å². The van der Waals surface area contributed by atoms with Gasteiger partial charge in [-0.3, -0.25) is 0 Å². The summed E-state index contributed by atoms with van der Waals surface area (Å²) in [6.45, 7) is 0. The molecule has 0 aliphatic heterocycles. The molecule has 2 aromatic heterocycles. The van der Waals surface area contributed by atoms with Crippen molar-refractivity contribution in [2.75, 3.05) is 0 Å². The fraction of sp³-hybridized carbons (Fsp3) is 0.455. The number of nitrogens with zero attached hydrogens (tertiary/aromatic N) is 3. The molecule has 1 aliphatic rings. The van der Waals surface area contributed by atoms with Gasteiger partial charge < -0.3 is 0 Å². The van der Waals surface area contributed by atoms with Gasteiger partial charge in [0.05, 0.1) is 5.69 Å². The van der Waals surface area contributed by atoms with Gasteiger partial charge in [-0.2, -0.15) is 9.78 Å². The molecular weight excluding hydrogens is 242 g/mol. The van der Waals surface area contributed by atoms with Crippen LogP contribution in [0.15, 0.2) is 11.6 Å². The molecule has 0 N–H and O–H groups in total. The molecule has 1 aliphatic carbocycles. The lowest BCUT2D eigenvalue weighted by atomic mass is 10.1. The van der Waals surface area contributed by atoms with Gasteiger partial charge in [0, 0.05) is 17.1 Å². The topological polar surface area (TPSA) is 30.7 Å². The predicted molar refractivity (Wildman–Crippen MR) is 65.5 cm³/mol. The molecule has 5 heteroatoms. The van der Waals surface area contributed by atoms with Crippen LogP contribution in [0.2, 0.25) is 5.15 Å². The minimum absolute atomic E-state index is 0.756. The Morgan fingerprint density at radius 3 is 2.94 bits per heavy atom. The summed E-state index contributed by atoms with van der Waals surface area (Å²) in [5.41, 5.74) is 2.40. The van der Waals surface area contributed by atoms with Gasteiger partial charge in [0.15, 0.2) is 0 Å². The SMILES string of the molecule is Clc1c2c(nn1-c1nccs1)CCCCC2. The van der Waals surface area contributed by atoms with Gasteiger partial charge in [-0.15, -0.1) is 11.3 Å². The number of hydrogen-bond acceptors (Lipinski definition) is 3. The van der Waals surface area contributed by atoms with Crippen molar-refractivity contribution in [2.45, 2.75) is 32.1 Å². The number of fused-ring (bicyclic) bond motifs is 1. The third-order valence-corrected chi connectivity index (χ3v) is 4.08. The van der Waals surface area contributed by atoms with Crippen LogP contribution in [0.5, 0.6) is 0 Å². The van der Waals surface area contributed by atoms with E-state index in [0.717, 1.165) is 28.8 Å². The summed E-state index contributed by atoms with van der Waals surface area (Å²) in [7, 11) is 0. The molecule has 0 unspecified atom stereocenters. The van der Waals surface area contributed by atoms with Crippen LogP contribution in [0, 0.1) is 0 Å². The second-order valence-electron chi connectivity index (χ2n) is 4.00. The summed E-state index contributed by atoms with van der Waals surface area (Å²) in [5.74, 6) is 0. The summed E-state index contributed by atoms with van der Waals surface area (Å²) < 4.78 is 1.78. The lowest BCUT2D eigenvalue weighted by molar-refractivity contribution is 0.694. The normalized spacial score (nSPS) is 15.8. The van der Waals surface area contributed by atoms with E-state index in [0.29, 0.717) is 0 Å². The van der Waals surface area contributed by atoms with Crippen LogP contribution in [0.4, 0.5) is 0 Å². The van der Waals surface area contributed by atoms with Crippen LogP contribution < -0.4 is 0 Å². The number of hydrogen-bond donors (Lipinski definition) is 0. The third-order valence-electron chi connectivity index (χ3n) is 2.94. The number of aryl methyl sites for hydroxylation is 1. The van der Waals surface area contributed by atoms with Crippen molar-refractivity contribution in [3.8, 4) is 5.13 Å². The smallest absolute Gasteiger partial charge is 0.211 e. The highest BCUT2D eigenvalue weighted by molar-refractivity contribution is 7.12. The first-order valence-corrected chi connectivity index (χ1v) is 6.78. The molecule has 0 atom stereocenters. The first-order chi connectivity index (χ1) is 7.86. The number of aromatic nitrogens is 3. The molecule has 0 aromatic carbocycles. The average molecular weight is 254 g/mol. The molecule has 0 bridgehead atoms. The van der Waals surface area contributed by atoms with Crippen LogP contribution in [0.1, 0.15) is 30.5 Å². The largest absolute Gasteiger partial charge is 0.227 e. The minimum atomic E-state index is 0.756. The zero-order valence-electron chi connectivity index (χ0n) is 8.82. The van der Waals surface area contributed by atoms with Gasteiger partial charge in [-0.25, -0.2) is 4.98 Å². The standard InChI is InChI=1S/C11H12ClN3S/c12-10-8-4-2-1-3-5-9(8)14-15(10)11-13-6-7-16-11/h6-7H,1-5H2. The van der Waals surface area contributed by atoms with Crippen molar-refractivity contribution in [3.63, 3.8) is 0 Å². The Balaban J connectivity index is 2.08. The van der Waals surface area contributed by atoms with Crippen molar-refractivity contribution < 1.29 is 0 Å². The van der Waals surface area contributed by atoms with Crippen molar-refractivity contribution in [1.82, 2.24) is 14.8 Å². The van der Waals surface area contributed by atoms with E-state index >= 15 is 0 Å². The fourth-order valence-corrected chi connectivity index (χ4v) is 3.11. The van der Waals surface area contributed by atoms with Gasteiger partial charge in [0.1, 0.15) is 5.15 Å². The molecule has 0 radical (unpaired) electrons. The van der Waals surface area contributed by atoms with Crippen LogP contribution in [-0.4, -0.2) is 14.8 Å². The Bertz CT molecular complexity index is 490. The zero-order valence-corrected chi connectivity index (χ0v) is 10.4. The maximum atomic E-state index is 6.37. The van der Waals surface area contributed by atoms with E-state index in [1.54, 1.807) is 22.2 Å². The minimum Gasteiger partial charge on any atom is -0.227 e. The summed E-state index contributed by atoms with van der Waals surface area (Å²) >= 11 is 7.94. The van der Waals surface area contributed by atoms with Crippen molar-refractivity contribution in [1.29, 1.82) is 0 Å². The molecular formula is C11H12ClN3S. The highest BCUT2D eigenvalue weighted by Crippen LogP contribution is 2.29. The molecule has 0 saturated heterocycles. The molecule has 0 amide bonds. The summed E-state index contributed by atoms with van der Waals surface area (Å²) in [5, 5.41) is 8.14. The van der Waals surface area contributed by atoms with Crippen LogP contribution in [0.3, 0.4) is 0 Å². The van der Waals surface area contributed by atoms with Crippen LogP contribution in [-0.2, 0) is 12.8 Å². The van der Waals surface area contributed by atoms with Gasteiger partial charge in [-0.05, 0) is 25.7 Å². The number of rotatable bonds is 1. The van der Waals surface area contributed by atoms with E-state index in [1.165, 1.54) is 24.8 Å².